The number of nitrogens with zero attached hydrogens (tertiary/aromatic N) is 2. The maximum atomic E-state index is 13.1. The van der Waals surface area contributed by atoms with Gasteiger partial charge in [-0.2, -0.15) is 0 Å². The number of hydrogen-bond donors (Lipinski definition) is 0. The smallest absolute Gasteiger partial charge is 0.262 e. The van der Waals surface area contributed by atoms with E-state index in [0.717, 1.165) is 26.7 Å². The van der Waals surface area contributed by atoms with Gasteiger partial charge in [-0.3, -0.25) is 14.2 Å². The third kappa shape index (κ3) is 2.91. The molecule has 1 aromatic carbocycles. The van der Waals surface area contributed by atoms with Gasteiger partial charge in [0.1, 0.15) is 16.4 Å². The van der Waals surface area contributed by atoms with Crippen molar-refractivity contribution < 1.29 is 4.79 Å². The van der Waals surface area contributed by atoms with Gasteiger partial charge in [-0.15, -0.1) is 11.3 Å². The molecule has 0 spiro atoms. The quantitative estimate of drug-likeness (QED) is 0.706. The van der Waals surface area contributed by atoms with E-state index in [1.165, 1.54) is 0 Å². The van der Waals surface area contributed by atoms with Gasteiger partial charge in [0.15, 0.2) is 0 Å². The maximum Gasteiger partial charge on any atom is 0.262 e. The van der Waals surface area contributed by atoms with Crippen LogP contribution in [0.25, 0.3) is 21.3 Å². The van der Waals surface area contributed by atoms with Crippen molar-refractivity contribution in [1.29, 1.82) is 0 Å². The van der Waals surface area contributed by atoms with Gasteiger partial charge in [-0.1, -0.05) is 37.3 Å². The van der Waals surface area contributed by atoms with Gasteiger partial charge in [0, 0.05) is 29.8 Å². The number of thiophene rings is 1. The van der Waals surface area contributed by atoms with Crippen LogP contribution in [0.4, 0.5) is 0 Å². The first-order valence-corrected chi connectivity index (χ1v) is 8.92. The van der Waals surface area contributed by atoms with Crippen molar-refractivity contribution in [1.82, 2.24) is 9.55 Å². The van der Waals surface area contributed by atoms with Crippen LogP contribution >= 0.6 is 11.3 Å². The summed E-state index contributed by atoms with van der Waals surface area (Å²) in [6.07, 6.45) is 1.02. The molecule has 0 aliphatic carbocycles. The lowest BCUT2D eigenvalue weighted by atomic mass is 10.0. The summed E-state index contributed by atoms with van der Waals surface area (Å²) in [5, 5.41) is 0.671. The molecule has 0 saturated heterocycles. The molecule has 0 saturated carbocycles. The van der Waals surface area contributed by atoms with E-state index in [9.17, 15) is 9.59 Å². The molecule has 5 heteroatoms. The highest BCUT2D eigenvalue weighted by molar-refractivity contribution is 7.19. The van der Waals surface area contributed by atoms with Crippen LogP contribution in [0.15, 0.2) is 35.1 Å². The van der Waals surface area contributed by atoms with Gasteiger partial charge in [0.25, 0.3) is 5.56 Å². The second-order valence-corrected chi connectivity index (χ2v) is 7.07. The average molecular weight is 340 g/mol. The van der Waals surface area contributed by atoms with Gasteiger partial charge < -0.3 is 0 Å². The third-order valence-corrected chi connectivity index (χ3v) is 5.13. The minimum absolute atomic E-state index is 0.0405. The first-order valence-electron chi connectivity index (χ1n) is 8.10. The van der Waals surface area contributed by atoms with Crippen molar-refractivity contribution in [3.8, 4) is 11.1 Å². The zero-order valence-corrected chi connectivity index (χ0v) is 14.9. The molecule has 4 nitrogen and oxygen atoms in total. The van der Waals surface area contributed by atoms with E-state index >= 15 is 0 Å². The highest BCUT2D eigenvalue weighted by Gasteiger charge is 2.19. The van der Waals surface area contributed by atoms with Gasteiger partial charge in [-0.05, 0) is 19.4 Å². The number of carbonyl (C=O) groups is 1. The summed E-state index contributed by atoms with van der Waals surface area (Å²) < 4.78 is 1.67. The number of fused-ring (bicyclic) bond motifs is 1. The minimum Gasteiger partial charge on any atom is -0.300 e. The Labute approximate surface area is 144 Å². The predicted octanol–water partition coefficient (Wildman–Crippen LogP) is 3.97. The number of Topliss-reactive ketones (excluding diaryl/α,β-unsaturated/α-hetero) is 1. The van der Waals surface area contributed by atoms with Gasteiger partial charge in [0.2, 0.25) is 0 Å². The lowest BCUT2D eigenvalue weighted by Gasteiger charge is -2.11. The summed E-state index contributed by atoms with van der Waals surface area (Å²) in [5.41, 5.74) is 1.95. The lowest BCUT2D eigenvalue weighted by Crippen LogP contribution is -2.25. The van der Waals surface area contributed by atoms with Crippen LogP contribution in [0.3, 0.4) is 0 Å². The number of ketones is 1. The van der Waals surface area contributed by atoms with Crippen LogP contribution in [0.2, 0.25) is 0 Å². The largest absolute Gasteiger partial charge is 0.300 e. The first kappa shape index (κ1) is 16.6. The number of aryl methyl sites for hydroxylation is 2. The highest BCUT2D eigenvalue weighted by atomic mass is 32.1. The Bertz CT molecular complexity index is 955. The standard InChI is InChI=1S/C19H20N2O2S/c1-4-15-20-18-17(19(23)21(15)11-10-12(2)22)16(13(3)24-18)14-8-6-5-7-9-14/h5-9H,4,10-11H2,1-3H3. The van der Waals surface area contributed by atoms with Crippen LogP contribution in [0, 0.1) is 6.92 Å². The van der Waals surface area contributed by atoms with Crippen molar-refractivity contribution in [3.05, 3.63) is 51.4 Å². The van der Waals surface area contributed by atoms with Crippen molar-refractivity contribution in [2.45, 2.75) is 40.2 Å². The molecule has 0 radical (unpaired) electrons. The second-order valence-electron chi connectivity index (χ2n) is 5.87. The number of carbonyl (C=O) groups excluding carboxylic acids is 1. The molecular weight excluding hydrogens is 320 g/mol. The number of aromatic nitrogens is 2. The Hall–Kier alpha value is -2.27. The van der Waals surface area contributed by atoms with Gasteiger partial charge >= 0.3 is 0 Å². The molecule has 0 atom stereocenters. The minimum atomic E-state index is -0.0405. The van der Waals surface area contributed by atoms with Gasteiger partial charge in [0.05, 0.1) is 5.39 Å². The molecule has 124 valence electrons. The van der Waals surface area contributed by atoms with E-state index in [0.29, 0.717) is 24.8 Å². The molecule has 2 aromatic heterocycles. The topological polar surface area (TPSA) is 52.0 Å². The lowest BCUT2D eigenvalue weighted by molar-refractivity contribution is -0.117. The fourth-order valence-electron chi connectivity index (χ4n) is 2.96. The molecule has 0 bridgehead atoms. The molecular formula is C19H20N2O2S. The molecule has 0 N–H and O–H groups in total. The first-order chi connectivity index (χ1) is 11.5. The van der Waals surface area contributed by atoms with Crippen LogP contribution in [0.1, 0.15) is 31.0 Å². The Morgan fingerprint density at radius 1 is 1.25 bits per heavy atom. The van der Waals surface area contributed by atoms with Crippen molar-refractivity contribution in [3.63, 3.8) is 0 Å². The normalized spacial score (nSPS) is 11.1. The fourth-order valence-corrected chi connectivity index (χ4v) is 4.01. The summed E-state index contributed by atoms with van der Waals surface area (Å²) >= 11 is 1.56. The second kappa shape index (κ2) is 6.69. The SMILES string of the molecule is CCc1nc2sc(C)c(-c3ccccc3)c2c(=O)n1CCC(C)=O. The molecule has 24 heavy (non-hydrogen) atoms. The molecule has 0 unspecified atom stereocenters. The summed E-state index contributed by atoms with van der Waals surface area (Å²) in [6.45, 7) is 5.95. The van der Waals surface area contributed by atoms with Crippen molar-refractivity contribution in [2.24, 2.45) is 0 Å². The monoisotopic (exact) mass is 340 g/mol. The molecule has 0 fully saturated rings. The third-order valence-electron chi connectivity index (χ3n) is 4.13. The summed E-state index contributed by atoms with van der Waals surface area (Å²) in [4.78, 5) is 31.1. The summed E-state index contributed by atoms with van der Waals surface area (Å²) in [5.74, 6) is 0.823. The van der Waals surface area contributed by atoms with E-state index < -0.39 is 0 Å². The van der Waals surface area contributed by atoms with E-state index in [4.69, 9.17) is 4.98 Å². The van der Waals surface area contributed by atoms with Gasteiger partial charge in [-0.25, -0.2) is 4.98 Å². The molecule has 3 aromatic rings. The van der Waals surface area contributed by atoms with Crippen molar-refractivity contribution in [2.75, 3.05) is 0 Å². The predicted molar refractivity (Wildman–Crippen MR) is 98.7 cm³/mol. The number of benzene rings is 1. The molecule has 0 amide bonds. The van der Waals surface area contributed by atoms with Crippen LogP contribution < -0.4 is 5.56 Å². The Morgan fingerprint density at radius 2 is 1.96 bits per heavy atom. The van der Waals surface area contributed by atoms with E-state index in [1.807, 2.05) is 44.2 Å². The zero-order valence-electron chi connectivity index (χ0n) is 14.1. The van der Waals surface area contributed by atoms with E-state index in [-0.39, 0.29) is 11.3 Å². The Kier molecular flexibility index (Phi) is 4.62. The Morgan fingerprint density at radius 3 is 2.58 bits per heavy atom. The summed E-state index contributed by atoms with van der Waals surface area (Å²) in [6, 6.07) is 9.94. The van der Waals surface area contributed by atoms with Crippen LogP contribution in [0.5, 0.6) is 0 Å². The van der Waals surface area contributed by atoms with Crippen LogP contribution in [-0.2, 0) is 17.8 Å². The van der Waals surface area contributed by atoms with Crippen LogP contribution in [-0.4, -0.2) is 15.3 Å². The average Bonchev–Trinajstić information content (AvgIpc) is 2.90. The number of rotatable bonds is 5. The van der Waals surface area contributed by atoms with E-state index in [2.05, 4.69) is 0 Å². The highest BCUT2D eigenvalue weighted by Crippen LogP contribution is 2.35. The molecule has 3 rings (SSSR count). The zero-order chi connectivity index (χ0) is 17.3. The maximum absolute atomic E-state index is 13.1. The Balaban J connectivity index is 2.28. The van der Waals surface area contributed by atoms with Crippen molar-refractivity contribution >= 4 is 27.3 Å². The molecule has 0 aliphatic heterocycles. The number of hydrogen-bond acceptors (Lipinski definition) is 4. The molecule has 2 heterocycles. The fraction of sp³-hybridized carbons (Fsp3) is 0.316. The summed E-state index contributed by atoms with van der Waals surface area (Å²) in [7, 11) is 0. The van der Waals surface area contributed by atoms with E-state index in [1.54, 1.807) is 22.8 Å². The molecule has 0 aliphatic rings.